The summed E-state index contributed by atoms with van der Waals surface area (Å²) in [6.07, 6.45) is 0.452. The number of carbonyl (C=O) groups is 4. The van der Waals surface area contributed by atoms with Crippen molar-refractivity contribution in [3.63, 3.8) is 0 Å². The molecule has 0 spiro atoms. The van der Waals surface area contributed by atoms with Crippen LogP contribution in [0.2, 0.25) is 0 Å². The number of ketones is 4. The van der Waals surface area contributed by atoms with Crippen LogP contribution in [0.4, 0.5) is 0 Å². The normalized spacial score (nSPS) is 31.0. The fourth-order valence-corrected chi connectivity index (χ4v) is 5.86. The molecule has 4 N–H and O–H groups in total. The van der Waals surface area contributed by atoms with E-state index in [4.69, 9.17) is 0 Å². The van der Waals surface area contributed by atoms with Crippen LogP contribution in [0, 0.1) is 17.8 Å². The molecule has 0 amide bonds. The number of phenolic OH excluding ortho intramolecular Hbond substituents is 1. The lowest BCUT2D eigenvalue weighted by Crippen LogP contribution is -2.62. The molecule has 1 saturated carbocycles. The van der Waals surface area contributed by atoms with Crippen molar-refractivity contribution in [1.29, 1.82) is 0 Å². The van der Waals surface area contributed by atoms with Gasteiger partial charge in [-0.15, -0.1) is 0 Å². The molecule has 4 rings (SSSR count). The predicted octanol–water partition coefficient (Wildman–Crippen LogP) is 2.46. The summed E-state index contributed by atoms with van der Waals surface area (Å²) in [6, 6.07) is 4.62. The van der Waals surface area contributed by atoms with E-state index in [-0.39, 0.29) is 23.3 Å². The highest BCUT2D eigenvalue weighted by molar-refractivity contribution is 6.23. The summed E-state index contributed by atoms with van der Waals surface area (Å²) in [7, 11) is 0. The van der Waals surface area contributed by atoms with Gasteiger partial charge in [-0.25, -0.2) is 0 Å². The summed E-state index contributed by atoms with van der Waals surface area (Å²) in [5, 5.41) is 43.9. The van der Waals surface area contributed by atoms with Crippen molar-refractivity contribution >= 4 is 28.9 Å². The van der Waals surface area contributed by atoms with E-state index in [1.165, 1.54) is 6.07 Å². The molecule has 8 nitrogen and oxygen atoms in total. The molecular formula is C25H24O8. The van der Waals surface area contributed by atoms with Crippen LogP contribution in [0.25, 0.3) is 5.76 Å². The fraction of sp³-hybridized carbons (Fsp3) is 0.360. The average molecular weight is 452 g/mol. The van der Waals surface area contributed by atoms with Gasteiger partial charge in [-0.05, 0) is 36.5 Å². The maximum atomic E-state index is 13.7. The average Bonchev–Trinajstić information content (AvgIpc) is 2.75. The zero-order valence-corrected chi connectivity index (χ0v) is 18.2. The van der Waals surface area contributed by atoms with Crippen LogP contribution < -0.4 is 0 Å². The number of aromatic hydroxyl groups is 1. The van der Waals surface area contributed by atoms with Gasteiger partial charge in [-0.3, -0.25) is 19.2 Å². The van der Waals surface area contributed by atoms with Crippen LogP contribution >= 0.6 is 0 Å². The summed E-state index contributed by atoms with van der Waals surface area (Å²) < 4.78 is 0. The molecule has 0 unspecified atom stereocenters. The first-order valence-corrected chi connectivity index (χ1v) is 10.6. The van der Waals surface area contributed by atoms with E-state index >= 15 is 0 Å². The van der Waals surface area contributed by atoms with Gasteiger partial charge in [0.1, 0.15) is 22.8 Å². The summed E-state index contributed by atoms with van der Waals surface area (Å²) in [6.45, 7) is 6.27. The van der Waals surface area contributed by atoms with Gasteiger partial charge in [0.25, 0.3) is 0 Å². The molecule has 1 aromatic rings. The molecule has 172 valence electrons. The number of hydrogen-bond donors (Lipinski definition) is 4. The minimum absolute atomic E-state index is 0.0302. The molecule has 5 atom stereocenters. The van der Waals surface area contributed by atoms with Gasteiger partial charge >= 0.3 is 0 Å². The monoisotopic (exact) mass is 452 g/mol. The molecule has 0 bridgehead atoms. The zero-order chi connectivity index (χ0) is 24.4. The van der Waals surface area contributed by atoms with Crippen molar-refractivity contribution in [2.24, 2.45) is 17.8 Å². The molecule has 0 aromatic heterocycles. The third-order valence-corrected chi connectivity index (χ3v) is 7.33. The molecule has 3 aliphatic rings. The number of aliphatic hydroxyl groups is 3. The molecule has 1 aromatic carbocycles. The Kier molecular flexibility index (Phi) is 5.16. The van der Waals surface area contributed by atoms with Crippen LogP contribution in [0.3, 0.4) is 0 Å². The molecule has 0 aliphatic heterocycles. The van der Waals surface area contributed by atoms with Gasteiger partial charge in [0.05, 0.1) is 5.56 Å². The molecule has 0 radical (unpaired) electrons. The molecule has 0 saturated heterocycles. The number of allylic oxidation sites excluding steroid dienone is 2. The van der Waals surface area contributed by atoms with E-state index < -0.39 is 75.9 Å². The van der Waals surface area contributed by atoms with E-state index in [1.54, 1.807) is 19.1 Å². The minimum Gasteiger partial charge on any atom is -0.508 e. The Morgan fingerprint density at radius 1 is 1.21 bits per heavy atom. The lowest BCUT2D eigenvalue weighted by atomic mass is 9.51. The van der Waals surface area contributed by atoms with Crippen molar-refractivity contribution < 1.29 is 39.6 Å². The Bertz CT molecular complexity index is 1200. The summed E-state index contributed by atoms with van der Waals surface area (Å²) in [5.74, 6) is -8.21. The van der Waals surface area contributed by atoms with Crippen molar-refractivity contribution in [2.45, 2.75) is 38.2 Å². The second kappa shape index (κ2) is 7.52. The topological polar surface area (TPSA) is 149 Å². The first-order chi connectivity index (χ1) is 15.5. The standard InChI is InChI=1S/C25H24O8/c1-4-12(27)8-14-15-9-17(29)19(11(3)26)23(31)25(15,33)24(32)21-18(14)10(2)13-6-5-7-16(28)20(13)22(21)30/h4-7,10,14-15,18,28,30-31,33H,1,8-9H2,2-3H3/t10-,14+,15+,18-,25+/m0/s1. The van der Waals surface area contributed by atoms with Gasteiger partial charge in [-0.1, -0.05) is 25.6 Å². The van der Waals surface area contributed by atoms with Crippen molar-refractivity contribution in [2.75, 3.05) is 0 Å². The highest BCUT2D eigenvalue weighted by atomic mass is 16.3. The molecular weight excluding hydrogens is 428 g/mol. The largest absolute Gasteiger partial charge is 0.508 e. The van der Waals surface area contributed by atoms with Crippen molar-refractivity contribution in [3.05, 3.63) is 58.9 Å². The quantitative estimate of drug-likeness (QED) is 0.402. The summed E-state index contributed by atoms with van der Waals surface area (Å²) in [5.41, 5.74) is -3.02. The second-order valence-electron chi connectivity index (χ2n) is 8.97. The summed E-state index contributed by atoms with van der Waals surface area (Å²) in [4.78, 5) is 50.9. The Balaban J connectivity index is 2.05. The highest BCUT2D eigenvalue weighted by Crippen LogP contribution is 2.58. The molecule has 0 heterocycles. The molecule has 1 fully saturated rings. The lowest BCUT2D eigenvalue weighted by molar-refractivity contribution is -0.155. The number of benzene rings is 1. The smallest absolute Gasteiger partial charge is 0.202 e. The fourth-order valence-electron chi connectivity index (χ4n) is 5.86. The van der Waals surface area contributed by atoms with Gasteiger partial charge in [-0.2, -0.15) is 0 Å². The molecule has 3 aliphatic carbocycles. The maximum absolute atomic E-state index is 13.7. The lowest BCUT2D eigenvalue weighted by Gasteiger charge is -2.52. The number of fused-ring (bicyclic) bond motifs is 3. The number of rotatable bonds is 4. The Labute approximate surface area is 189 Å². The van der Waals surface area contributed by atoms with Crippen LogP contribution in [0.15, 0.2) is 47.8 Å². The minimum atomic E-state index is -2.68. The van der Waals surface area contributed by atoms with Crippen LogP contribution in [0.1, 0.15) is 43.7 Å². The van der Waals surface area contributed by atoms with E-state index in [2.05, 4.69) is 6.58 Å². The van der Waals surface area contributed by atoms with Gasteiger partial charge in [0.2, 0.25) is 5.78 Å². The molecule has 8 heteroatoms. The SMILES string of the molecule is C=CC(=O)C[C@H]1[C@H]2C(=C(O)c3c(O)cccc3[C@@H]2C)C(=O)[C@]2(O)C(O)=C(C(C)=O)C(=O)C[C@H]12. The van der Waals surface area contributed by atoms with Crippen molar-refractivity contribution in [1.82, 2.24) is 0 Å². The zero-order valence-electron chi connectivity index (χ0n) is 18.2. The van der Waals surface area contributed by atoms with Gasteiger partial charge < -0.3 is 20.4 Å². The number of aliphatic hydroxyl groups excluding tert-OH is 2. The van der Waals surface area contributed by atoms with Crippen LogP contribution in [-0.4, -0.2) is 49.2 Å². The van der Waals surface area contributed by atoms with Gasteiger partial charge in [0, 0.05) is 30.3 Å². The third-order valence-electron chi connectivity index (χ3n) is 7.33. The second-order valence-corrected chi connectivity index (χ2v) is 8.97. The first-order valence-electron chi connectivity index (χ1n) is 10.6. The van der Waals surface area contributed by atoms with Gasteiger partial charge in [0.15, 0.2) is 23.0 Å². The Hall–Kier alpha value is -3.52. The number of phenols is 1. The van der Waals surface area contributed by atoms with E-state index in [0.717, 1.165) is 13.0 Å². The Morgan fingerprint density at radius 3 is 2.48 bits per heavy atom. The van der Waals surface area contributed by atoms with Crippen LogP contribution in [-0.2, 0) is 19.2 Å². The summed E-state index contributed by atoms with van der Waals surface area (Å²) >= 11 is 0. The predicted molar refractivity (Wildman–Crippen MR) is 116 cm³/mol. The van der Waals surface area contributed by atoms with Crippen molar-refractivity contribution in [3.8, 4) is 5.75 Å². The van der Waals surface area contributed by atoms with E-state index in [0.29, 0.717) is 5.56 Å². The first kappa shape index (κ1) is 22.7. The Morgan fingerprint density at radius 2 is 1.88 bits per heavy atom. The van der Waals surface area contributed by atoms with E-state index in [1.807, 2.05) is 0 Å². The van der Waals surface area contributed by atoms with E-state index in [9.17, 15) is 39.6 Å². The maximum Gasteiger partial charge on any atom is 0.202 e. The van der Waals surface area contributed by atoms with Crippen LogP contribution in [0.5, 0.6) is 5.75 Å². The number of carbonyl (C=O) groups excluding carboxylic acids is 4. The molecule has 33 heavy (non-hydrogen) atoms. The highest BCUT2D eigenvalue weighted by Gasteiger charge is 2.64. The third kappa shape index (κ3) is 2.94. The number of Topliss-reactive ketones (excluding diaryl/α,β-unsaturated/α-hetero) is 3. The number of hydrogen-bond acceptors (Lipinski definition) is 8.